The van der Waals surface area contributed by atoms with E-state index >= 15 is 0 Å². The molecule has 0 unspecified atom stereocenters. The maximum Gasteiger partial charge on any atom is 0.204 e. The van der Waals surface area contributed by atoms with E-state index in [1.807, 2.05) is 19.0 Å². The topological polar surface area (TPSA) is 74.0 Å². The zero-order valence-corrected chi connectivity index (χ0v) is 16.8. The Hall–Kier alpha value is -2.86. The Bertz CT molecular complexity index is 853. The van der Waals surface area contributed by atoms with Crippen molar-refractivity contribution in [2.24, 2.45) is 0 Å². The summed E-state index contributed by atoms with van der Waals surface area (Å²) in [4.78, 5) is 14.6. The first-order chi connectivity index (χ1) is 12.8. The van der Waals surface area contributed by atoms with E-state index in [4.69, 9.17) is 31.5 Å². The number of rotatable bonds is 7. The number of allylic oxidation sites excluding steroid dienone is 1. The predicted octanol–water partition coefficient (Wildman–Crippen LogP) is 3.82. The highest BCUT2D eigenvalue weighted by molar-refractivity contribution is 6.47. The number of nitrogens with two attached hydrogens (primary N) is 1. The molecule has 0 saturated carbocycles. The molecule has 2 aromatic rings. The van der Waals surface area contributed by atoms with Crippen LogP contribution in [0.4, 0.5) is 11.4 Å². The average molecular weight is 391 g/mol. The first-order valence-corrected chi connectivity index (χ1v) is 8.48. The highest BCUT2D eigenvalue weighted by atomic mass is 35.5. The number of Topliss-reactive ketones (excluding diaryl/α,β-unsaturated/α-hetero) is 1. The van der Waals surface area contributed by atoms with E-state index in [1.165, 1.54) is 21.3 Å². The normalized spacial score (nSPS) is 11.1. The van der Waals surface area contributed by atoms with Crippen LogP contribution in [-0.2, 0) is 0 Å². The summed E-state index contributed by atoms with van der Waals surface area (Å²) in [5, 5.41) is 0.0544. The number of nitrogens with zero attached hydrogens (tertiary/aromatic N) is 1. The van der Waals surface area contributed by atoms with E-state index in [2.05, 4.69) is 0 Å². The monoisotopic (exact) mass is 390 g/mol. The quantitative estimate of drug-likeness (QED) is 0.440. The van der Waals surface area contributed by atoms with Crippen LogP contribution in [0.5, 0.6) is 17.2 Å². The summed E-state index contributed by atoms with van der Waals surface area (Å²) in [6.45, 7) is 0. The highest BCUT2D eigenvalue weighted by Gasteiger charge is 2.16. The van der Waals surface area contributed by atoms with Crippen molar-refractivity contribution < 1.29 is 19.0 Å². The Labute approximate surface area is 164 Å². The highest BCUT2D eigenvalue weighted by Crippen LogP contribution is 2.39. The van der Waals surface area contributed by atoms with Crippen molar-refractivity contribution in [1.82, 2.24) is 0 Å². The second-order valence-corrected chi connectivity index (χ2v) is 6.36. The maximum atomic E-state index is 12.7. The van der Waals surface area contributed by atoms with Crippen LogP contribution in [0.25, 0.3) is 6.08 Å². The first kappa shape index (κ1) is 20.5. The molecule has 0 saturated heterocycles. The summed E-state index contributed by atoms with van der Waals surface area (Å²) < 4.78 is 15.9. The van der Waals surface area contributed by atoms with Gasteiger partial charge in [-0.05, 0) is 42.0 Å². The van der Waals surface area contributed by atoms with E-state index < -0.39 is 0 Å². The summed E-state index contributed by atoms with van der Waals surface area (Å²) in [6, 6.07) is 8.47. The second-order valence-electron chi connectivity index (χ2n) is 5.95. The van der Waals surface area contributed by atoms with Crippen molar-refractivity contribution in [2.75, 3.05) is 46.1 Å². The lowest BCUT2D eigenvalue weighted by molar-refractivity contribution is 0.104. The summed E-state index contributed by atoms with van der Waals surface area (Å²) in [5.41, 5.74) is 8.36. The van der Waals surface area contributed by atoms with Gasteiger partial charge in [-0.15, -0.1) is 0 Å². The third-order valence-corrected chi connectivity index (χ3v) is 4.25. The van der Waals surface area contributed by atoms with Gasteiger partial charge in [0.2, 0.25) is 11.5 Å². The van der Waals surface area contributed by atoms with Gasteiger partial charge < -0.3 is 24.8 Å². The average Bonchev–Trinajstić information content (AvgIpc) is 2.66. The van der Waals surface area contributed by atoms with Gasteiger partial charge in [-0.25, -0.2) is 0 Å². The van der Waals surface area contributed by atoms with E-state index in [9.17, 15) is 4.79 Å². The Morgan fingerprint density at radius 2 is 1.63 bits per heavy atom. The number of anilines is 2. The van der Waals surface area contributed by atoms with Crippen molar-refractivity contribution in [2.45, 2.75) is 0 Å². The predicted molar refractivity (Wildman–Crippen MR) is 109 cm³/mol. The molecule has 0 heterocycles. The molecule has 0 amide bonds. The molecule has 27 heavy (non-hydrogen) atoms. The van der Waals surface area contributed by atoms with Crippen LogP contribution in [-0.4, -0.2) is 41.2 Å². The van der Waals surface area contributed by atoms with Crippen LogP contribution >= 0.6 is 11.6 Å². The number of ketones is 1. The van der Waals surface area contributed by atoms with Crippen LogP contribution in [0.1, 0.15) is 15.9 Å². The minimum atomic E-state index is -0.312. The molecule has 0 aliphatic rings. The van der Waals surface area contributed by atoms with Crippen molar-refractivity contribution in [3.05, 3.63) is 46.5 Å². The van der Waals surface area contributed by atoms with Crippen molar-refractivity contribution >= 4 is 34.8 Å². The lowest BCUT2D eigenvalue weighted by Crippen LogP contribution is -2.12. The molecule has 0 fully saturated rings. The largest absolute Gasteiger partial charge is 0.493 e. The molecule has 2 aromatic carbocycles. The van der Waals surface area contributed by atoms with Gasteiger partial charge in [0.1, 0.15) is 0 Å². The standard InChI is InChI=1S/C20H23ClN2O4/c1-23(2)16-11-13(6-7-15(16)22)19(24)14(21)8-12-9-17(25-3)20(27-5)18(10-12)26-4/h6-11H,22H2,1-5H3/b14-8+. The Morgan fingerprint density at radius 1 is 1.04 bits per heavy atom. The number of ether oxygens (including phenoxy) is 3. The molecule has 0 bridgehead atoms. The van der Waals surface area contributed by atoms with E-state index in [-0.39, 0.29) is 10.8 Å². The number of carbonyl (C=O) groups excluding carboxylic acids is 1. The molecule has 0 spiro atoms. The zero-order valence-electron chi connectivity index (χ0n) is 16.0. The van der Waals surface area contributed by atoms with Crippen LogP contribution in [0.2, 0.25) is 0 Å². The number of methoxy groups -OCH3 is 3. The van der Waals surface area contributed by atoms with Crippen molar-refractivity contribution in [3.63, 3.8) is 0 Å². The molecule has 0 radical (unpaired) electrons. The number of hydrogen-bond donors (Lipinski definition) is 1. The fraction of sp³-hybridized carbons (Fsp3) is 0.250. The molecule has 144 valence electrons. The second kappa shape index (κ2) is 8.68. The van der Waals surface area contributed by atoms with E-state index in [0.29, 0.717) is 34.1 Å². The maximum absolute atomic E-state index is 12.7. The Kier molecular flexibility index (Phi) is 6.58. The SMILES string of the molecule is COc1cc(/C=C(/Cl)C(=O)c2ccc(N)c(N(C)C)c2)cc(OC)c1OC. The Morgan fingerprint density at radius 3 is 2.11 bits per heavy atom. The summed E-state index contributed by atoms with van der Waals surface area (Å²) in [6.07, 6.45) is 1.56. The van der Waals surface area contributed by atoms with Gasteiger partial charge in [0.15, 0.2) is 11.5 Å². The van der Waals surface area contributed by atoms with Gasteiger partial charge in [0.25, 0.3) is 0 Å². The summed E-state index contributed by atoms with van der Waals surface area (Å²) in [7, 11) is 8.28. The van der Waals surface area contributed by atoms with Gasteiger partial charge in [-0.1, -0.05) is 11.6 Å². The van der Waals surface area contributed by atoms with Gasteiger partial charge in [0, 0.05) is 19.7 Å². The summed E-state index contributed by atoms with van der Waals surface area (Å²) >= 11 is 6.29. The minimum absolute atomic E-state index is 0.0544. The van der Waals surface area contributed by atoms with Crippen molar-refractivity contribution in [3.8, 4) is 17.2 Å². The lowest BCUT2D eigenvalue weighted by atomic mass is 10.1. The molecule has 7 heteroatoms. The van der Waals surface area contributed by atoms with Gasteiger partial charge >= 0.3 is 0 Å². The number of halogens is 1. The van der Waals surface area contributed by atoms with E-state index in [0.717, 1.165) is 5.69 Å². The molecule has 2 N–H and O–H groups in total. The molecular weight excluding hydrogens is 368 g/mol. The first-order valence-electron chi connectivity index (χ1n) is 8.11. The zero-order chi connectivity index (χ0) is 20.1. The van der Waals surface area contributed by atoms with Gasteiger partial charge in [0.05, 0.1) is 37.7 Å². The van der Waals surface area contributed by atoms with Crippen molar-refractivity contribution in [1.29, 1.82) is 0 Å². The minimum Gasteiger partial charge on any atom is -0.493 e. The number of hydrogen-bond acceptors (Lipinski definition) is 6. The lowest BCUT2D eigenvalue weighted by Gasteiger charge is -2.16. The van der Waals surface area contributed by atoms with Crippen LogP contribution in [0, 0.1) is 0 Å². The summed E-state index contributed by atoms with van der Waals surface area (Å²) in [5.74, 6) is 1.10. The molecule has 0 aromatic heterocycles. The van der Waals surface area contributed by atoms with Gasteiger partial charge in [-0.3, -0.25) is 4.79 Å². The molecule has 0 aliphatic heterocycles. The van der Waals surface area contributed by atoms with E-state index in [1.54, 1.807) is 36.4 Å². The fourth-order valence-electron chi connectivity index (χ4n) is 2.61. The number of benzene rings is 2. The number of carbonyl (C=O) groups is 1. The van der Waals surface area contributed by atoms with Crippen LogP contribution in [0.3, 0.4) is 0 Å². The van der Waals surface area contributed by atoms with Gasteiger partial charge in [-0.2, -0.15) is 0 Å². The van der Waals surface area contributed by atoms with Crippen LogP contribution in [0.15, 0.2) is 35.4 Å². The molecule has 0 aliphatic carbocycles. The molecular formula is C20H23ClN2O4. The molecule has 2 rings (SSSR count). The fourth-order valence-corrected chi connectivity index (χ4v) is 2.84. The molecule has 6 nitrogen and oxygen atoms in total. The van der Waals surface area contributed by atoms with Crippen LogP contribution < -0.4 is 24.8 Å². The smallest absolute Gasteiger partial charge is 0.204 e. The molecule has 0 atom stereocenters. The Balaban J connectivity index is 2.42. The third-order valence-electron chi connectivity index (χ3n) is 3.97. The third kappa shape index (κ3) is 4.46. The number of nitrogen functional groups attached to an aromatic ring is 1.